The molecule has 0 aromatic heterocycles. The number of ether oxygens (including phenoxy) is 1. The summed E-state index contributed by atoms with van der Waals surface area (Å²) in [6.07, 6.45) is 2.11. The monoisotopic (exact) mass is 299 g/mol. The molecule has 0 saturated heterocycles. The second-order valence-electron chi connectivity index (χ2n) is 5.73. The fourth-order valence-corrected chi connectivity index (χ4v) is 3.86. The molecule has 5 nitrogen and oxygen atoms in total. The summed E-state index contributed by atoms with van der Waals surface area (Å²) in [5.74, 6) is 0.876. The van der Waals surface area contributed by atoms with Gasteiger partial charge in [0.2, 0.25) is 10.0 Å². The Kier molecular flexibility index (Phi) is 4.09. The van der Waals surface area contributed by atoms with Crippen LogP contribution in [0.25, 0.3) is 0 Å². The van der Waals surface area contributed by atoms with E-state index >= 15 is 0 Å². The molecule has 1 aromatic carbocycles. The zero-order valence-electron chi connectivity index (χ0n) is 12.0. The minimum Gasteiger partial charge on any atom is -0.496 e. The van der Waals surface area contributed by atoms with Crippen molar-refractivity contribution in [3.63, 3.8) is 0 Å². The average Bonchev–Trinajstić information content (AvgIpc) is 3.21. The Bertz CT molecular complexity index is 591. The first-order valence-corrected chi connectivity index (χ1v) is 8.10. The van der Waals surface area contributed by atoms with Crippen LogP contribution in [-0.4, -0.2) is 26.2 Å². The van der Waals surface area contributed by atoms with Crippen LogP contribution in [0, 0.1) is 5.92 Å². The van der Waals surface area contributed by atoms with Gasteiger partial charge in [-0.25, -0.2) is 13.1 Å². The lowest BCUT2D eigenvalue weighted by Crippen LogP contribution is -2.45. The Morgan fingerprint density at radius 2 is 2.05 bits per heavy atom. The predicted molar refractivity (Wildman–Crippen MR) is 76.0 cm³/mol. The van der Waals surface area contributed by atoms with Crippen molar-refractivity contribution < 1.29 is 18.3 Å². The summed E-state index contributed by atoms with van der Waals surface area (Å²) in [5.41, 5.74) is 0.0117. The summed E-state index contributed by atoms with van der Waals surface area (Å²) in [5, 5.41) is 9.28. The van der Waals surface area contributed by atoms with Gasteiger partial charge in [-0.1, -0.05) is 0 Å². The fraction of sp³-hybridized carbons (Fsp3) is 0.571. The molecule has 0 unspecified atom stereocenters. The quantitative estimate of drug-likeness (QED) is 0.837. The molecule has 0 bridgehead atoms. The highest BCUT2D eigenvalue weighted by atomic mass is 32.2. The molecule has 0 radical (unpaired) electrons. The summed E-state index contributed by atoms with van der Waals surface area (Å²) in [6.45, 7) is 3.54. The molecule has 1 fully saturated rings. The molecule has 0 spiro atoms. The van der Waals surface area contributed by atoms with Crippen molar-refractivity contribution in [1.29, 1.82) is 0 Å². The van der Waals surface area contributed by atoms with E-state index in [9.17, 15) is 13.5 Å². The first kappa shape index (κ1) is 15.3. The number of methoxy groups -OCH3 is 1. The molecule has 112 valence electrons. The van der Waals surface area contributed by atoms with Crippen molar-refractivity contribution >= 4 is 10.0 Å². The Morgan fingerprint density at radius 3 is 2.55 bits per heavy atom. The molecule has 2 N–H and O–H groups in total. The van der Waals surface area contributed by atoms with E-state index in [0.29, 0.717) is 17.2 Å². The molecular weight excluding hydrogens is 278 g/mol. The molecule has 20 heavy (non-hydrogen) atoms. The van der Waals surface area contributed by atoms with Gasteiger partial charge in [0.1, 0.15) is 5.75 Å². The van der Waals surface area contributed by atoms with Gasteiger partial charge in [-0.05, 0) is 50.8 Å². The Balaban J connectivity index is 2.29. The van der Waals surface area contributed by atoms with Crippen LogP contribution in [0.15, 0.2) is 23.1 Å². The number of nitrogens with one attached hydrogen (secondary N) is 1. The summed E-state index contributed by atoms with van der Waals surface area (Å²) >= 11 is 0. The lowest BCUT2D eigenvalue weighted by molar-refractivity contribution is 0.273. The van der Waals surface area contributed by atoms with E-state index in [0.717, 1.165) is 12.8 Å². The summed E-state index contributed by atoms with van der Waals surface area (Å²) < 4.78 is 32.7. The average molecular weight is 299 g/mol. The van der Waals surface area contributed by atoms with E-state index in [2.05, 4.69) is 4.72 Å². The minimum absolute atomic E-state index is 0.149. The van der Waals surface area contributed by atoms with Crippen molar-refractivity contribution in [3.8, 4) is 5.75 Å². The highest BCUT2D eigenvalue weighted by Crippen LogP contribution is 2.40. The fourth-order valence-electron chi connectivity index (χ4n) is 2.34. The van der Waals surface area contributed by atoms with E-state index in [1.54, 1.807) is 6.07 Å². The van der Waals surface area contributed by atoms with Gasteiger partial charge in [-0.15, -0.1) is 0 Å². The SMILES string of the molecule is COc1ccc(S(=O)(=O)NC(C)(C)C2CC2)cc1CO. The van der Waals surface area contributed by atoms with E-state index in [1.165, 1.54) is 19.2 Å². The van der Waals surface area contributed by atoms with Crippen molar-refractivity contribution in [2.24, 2.45) is 5.92 Å². The van der Waals surface area contributed by atoms with Crippen LogP contribution in [0.5, 0.6) is 5.75 Å². The number of rotatable bonds is 6. The van der Waals surface area contributed by atoms with Gasteiger partial charge in [-0.3, -0.25) is 0 Å². The van der Waals surface area contributed by atoms with Gasteiger partial charge in [0.15, 0.2) is 0 Å². The number of sulfonamides is 1. The van der Waals surface area contributed by atoms with Gasteiger partial charge >= 0.3 is 0 Å². The zero-order chi connectivity index (χ0) is 15.0. The van der Waals surface area contributed by atoms with Crippen molar-refractivity contribution in [2.45, 2.75) is 43.7 Å². The maximum absolute atomic E-state index is 12.4. The van der Waals surface area contributed by atoms with E-state index < -0.39 is 15.6 Å². The van der Waals surface area contributed by atoms with Crippen LogP contribution in [0.1, 0.15) is 32.3 Å². The number of aliphatic hydroxyl groups excluding tert-OH is 1. The molecule has 1 saturated carbocycles. The van der Waals surface area contributed by atoms with Gasteiger partial charge in [0.25, 0.3) is 0 Å². The second kappa shape index (κ2) is 5.35. The smallest absolute Gasteiger partial charge is 0.241 e. The van der Waals surface area contributed by atoms with Crippen molar-refractivity contribution in [1.82, 2.24) is 4.72 Å². The molecule has 0 atom stereocenters. The lowest BCUT2D eigenvalue weighted by Gasteiger charge is -2.26. The molecule has 1 aromatic rings. The number of benzene rings is 1. The van der Waals surface area contributed by atoms with E-state index in [1.807, 2.05) is 13.8 Å². The van der Waals surface area contributed by atoms with Gasteiger partial charge in [-0.2, -0.15) is 0 Å². The molecular formula is C14H21NO4S. The molecule has 2 rings (SSSR count). The summed E-state index contributed by atoms with van der Waals surface area (Å²) in [6, 6.07) is 4.50. The van der Waals surface area contributed by atoms with Gasteiger partial charge in [0, 0.05) is 11.1 Å². The molecule has 0 heterocycles. The summed E-state index contributed by atoms with van der Waals surface area (Å²) in [4.78, 5) is 0.149. The minimum atomic E-state index is -3.60. The van der Waals surface area contributed by atoms with Crippen molar-refractivity contribution in [2.75, 3.05) is 7.11 Å². The third kappa shape index (κ3) is 3.13. The Morgan fingerprint density at radius 1 is 1.40 bits per heavy atom. The molecule has 0 amide bonds. The summed E-state index contributed by atoms with van der Waals surface area (Å²) in [7, 11) is -2.11. The highest BCUT2D eigenvalue weighted by molar-refractivity contribution is 7.89. The van der Waals surface area contributed by atoms with Crippen LogP contribution in [-0.2, 0) is 16.6 Å². The topological polar surface area (TPSA) is 75.6 Å². The first-order chi connectivity index (χ1) is 9.30. The van der Waals surface area contributed by atoms with Crippen LogP contribution in [0.2, 0.25) is 0 Å². The van der Waals surface area contributed by atoms with E-state index in [-0.39, 0.29) is 11.5 Å². The first-order valence-electron chi connectivity index (χ1n) is 6.62. The highest BCUT2D eigenvalue weighted by Gasteiger charge is 2.40. The van der Waals surface area contributed by atoms with Crippen LogP contribution >= 0.6 is 0 Å². The Hall–Kier alpha value is -1.11. The van der Waals surface area contributed by atoms with E-state index in [4.69, 9.17) is 4.74 Å². The molecule has 1 aliphatic carbocycles. The third-order valence-corrected chi connectivity index (χ3v) is 5.40. The number of hydrogen-bond donors (Lipinski definition) is 2. The standard InChI is InChI=1S/C14H21NO4S/c1-14(2,11-4-5-11)15-20(17,18)12-6-7-13(19-3)10(8-12)9-16/h6-8,11,15-16H,4-5,9H2,1-3H3. The predicted octanol–water partition coefficient (Wildman–Crippen LogP) is 1.65. The largest absolute Gasteiger partial charge is 0.496 e. The molecule has 6 heteroatoms. The number of hydrogen-bond acceptors (Lipinski definition) is 4. The molecule has 1 aliphatic rings. The number of aliphatic hydroxyl groups is 1. The maximum atomic E-state index is 12.4. The molecule has 0 aliphatic heterocycles. The maximum Gasteiger partial charge on any atom is 0.241 e. The zero-order valence-corrected chi connectivity index (χ0v) is 12.8. The Labute approximate surface area is 120 Å². The van der Waals surface area contributed by atoms with Crippen molar-refractivity contribution in [3.05, 3.63) is 23.8 Å². The van der Waals surface area contributed by atoms with Gasteiger partial charge in [0.05, 0.1) is 18.6 Å². The van der Waals surface area contributed by atoms with Crippen LogP contribution in [0.3, 0.4) is 0 Å². The second-order valence-corrected chi connectivity index (χ2v) is 7.42. The normalized spacial score (nSPS) is 16.2. The van der Waals surface area contributed by atoms with Gasteiger partial charge < -0.3 is 9.84 Å². The third-order valence-electron chi connectivity index (χ3n) is 3.73. The lowest BCUT2D eigenvalue weighted by atomic mass is 10.0. The van der Waals surface area contributed by atoms with Crippen LogP contribution in [0.4, 0.5) is 0 Å². The van der Waals surface area contributed by atoms with Crippen LogP contribution < -0.4 is 9.46 Å².